The minimum atomic E-state index is -0.428. The maximum absolute atomic E-state index is 12.3. The summed E-state index contributed by atoms with van der Waals surface area (Å²) in [6.45, 7) is 7.35. The van der Waals surface area contributed by atoms with Crippen LogP contribution in [-0.2, 0) is 9.53 Å². The van der Waals surface area contributed by atoms with E-state index in [-0.39, 0.29) is 18.1 Å². The van der Waals surface area contributed by atoms with Crippen LogP contribution in [0.25, 0.3) is 0 Å². The topological polar surface area (TPSA) is 75.9 Å². The van der Waals surface area contributed by atoms with Gasteiger partial charge in [-0.25, -0.2) is 4.79 Å². The van der Waals surface area contributed by atoms with Crippen LogP contribution in [0.3, 0.4) is 0 Å². The summed E-state index contributed by atoms with van der Waals surface area (Å²) in [5.41, 5.74) is 7.67. The highest BCUT2D eigenvalue weighted by Crippen LogP contribution is 2.40. The van der Waals surface area contributed by atoms with Gasteiger partial charge < -0.3 is 15.4 Å². The maximum atomic E-state index is 12.3. The second-order valence-electron chi connectivity index (χ2n) is 5.64. The first kappa shape index (κ1) is 16.6. The van der Waals surface area contributed by atoms with Crippen LogP contribution in [0.1, 0.15) is 27.7 Å². The Labute approximate surface area is 138 Å². The summed E-state index contributed by atoms with van der Waals surface area (Å²) in [5.74, 6) is -0.0904. The van der Waals surface area contributed by atoms with Gasteiger partial charge in [0.1, 0.15) is 0 Å². The number of ether oxygens (including phenoxy) is 1. The molecule has 1 aromatic carbocycles. The van der Waals surface area contributed by atoms with E-state index < -0.39 is 6.09 Å². The number of hydrogen-bond acceptors (Lipinski definition) is 4. The quantitative estimate of drug-likeness (QED) is 0.771. The molecule has 0 bridgehead atoms. The lowest BCUT2D eigenvalue weighted by molar-refractivity contribution is -0.117. The van der Waals surface area contributed by atoms with Crippen molar-refractivity contribution < 1.29 is 14.3 Å². The van der Waals surface area contributed by atoms with Crippen molar-refractivity contribution in [2.24, 2.45) is 0 Å². The Balaban J connectivity index is 2.53. The molecule has 0 saturated carbocycles. The monoisotopic (exact) mass is 369 g/mol. The number of nitrogens with zero attached hydrogens (tertiary/aromatic N) is 2. The molecule has 6 nitrogen and oxygen atoms in total. The van der Waals surface area contributed by atoms with E-state index in [9.17, 15) is 9.59 Å². The molecule has 1 aliphatic rings. The van der Waals surface area contributed by atoms with E-state index in [0.29, 0.717) is 28.1 Å². The lowest BCUT2D eigenvalue weighted by Gasteiger charge is -2.40. The van der Waals surface area contributed by atoms with E-state index in [0.717, 1.165) is 0 Å². The molecule has 1 aromatic rings. The normalized spacial score (nSPS) is 17.5. The lowest BCUT2D eigenvalue weighted by Crippen LogP contribution is -2.51. The fourth-order valence-electron chi connectivity index (χ4n) is 2.58. The van der Waals surface area contributed by atoms with Gasteiger partial charge in [-0.05, 0) is 48.8 Å². The molecule has 0 fully saturated rings. The van der Waals surface area contributed by atoms with Crippen molar-refractivity contribution in [1.29, 1.82) is 0 Å². The van der Waals surface area contributed by atoms with Gasteiger partial charge in [0.15, 0.2) is 0 Å². The Morgan fingerprint density at radius 1 is 1.36 bits per heavy atom. The largest absolute Gasteiger partial charge is 0.446 e. The fraction of sp³-hybridized carbons (Fsp3) is 0.467. The zero-order valence-electron chi connectivity index (χ0n) is 13.1. The van der Waals surface area contributed by atoms with Crippen molar-refractivity contribution in [3.05, 3.63) is 16.6 Å². The molecule has 1 atom stereocenters. The number of fused-ring (bicyclic) bond motifs is 1. The smallest absolute Gasteiger partial charge is 0.414 e. The second kappa shape index (κ2) is 6.16. The van der Waals surface area contributed by atoms with Crippen molar-refractivity contribution in [1.82, 2.24) is 0 Å². The summed E-state index contributed by atoms with van der Waals surface area (Å²) in [4.78, 5) is 27.5. The molecule has 22 heavy (non-hydrogen) atoms. The van der Waals surface area contributed by atoms with Crippen molar-refractivity contribution in [3.8, 4) is 0 Å². The molecule has 0 radical (unpaired) electrons. The van der Waals surface area contributed by atoms with Crippen LogP contribution in [-0.4, -0.2) is 30.7 Å². The SMILES string of the molecule is CC(=O)N1c2cc(N)c(Br)cc2N(C(=O)OC(C)C)C[C@@H]1C. The molecule has 1 heterocycles. The zero-order chi connectivity index (χ0) is 16.6. The number of hydrogen-bond donors (Lipinski definition) is 1. The Bertz CT molecular complexity index is 618. The molecular formula is C15H20BrN3O3. The predicted molar refractivity (Wildman–Crippen MR) is 90.1 cm³/mol. The number of halogens is 1. The van der Waals surface area contributed by atoms with Gasteiger partial charge in [-0.1, -0.05) is 0 Å². The summed E-state index contributed by atoms with van der Waals surface area (Å²) >= 11 is 3.37. The van der Waals surface area contributed by atoms with E-state index in [1.165, 1.54) is 6.92 Å². The Morgan fingerprint density at radius 2 is 2.00 bits per heavy atom. The van der Waals surface area contributed by atoms with Crippen LogP contribution in [0.4, 0.5) is 21.9 Å². The fourth-order valence-corrected chi connectivity index (χ4v) is 2.91. The minimum Gasteiger partial charge on any atom is -0.446 e. The van der Waals surface area contributed by atoms with E-state index in [1.807, 2.05) is 6.92 Å². The standard InChI is InChI=1S/C15H20BrN3O3/c1-8(2)22-15(21)18-7-9(3)19(10(4)20)14-6-12(17)11(16)5-13(14)18/h5-6,8-9H,7,17H2,1-4H3/t9-/m0/s1. The van der Waals surface area contributed by atoms with Crippen LogP contribution < -0.4 is 15.5 Å². The van der Waals surface area contributed by atoms with Crippen LogP contribution in [0, 0.1) is 0 Å². The summed E-state index contributed by atoms with van der Waals surface area (Å²) < 4.78 is 5.97. The third kappa shape index (κ3) is 3.04. The molecule has 120 valence electrons. The van der Waals surface area contributed by atoms with E-state index in [2.05, 4.69) is 15.9 Å². The molecule has 2 rings (SSSR count). The number of nitrogen functional groups attached to an aromatic ring is 1. The summed E-state index contributed by atoms with van der Waals surface area (Å²) in [5, 5.41) is 0. The Kier molecular flexibility index (Phi) is 4.65. The van der Waals surface area contributed by atoms with Crippen LogP contribution in [0.15, 0.2) is 16.6 Å². The molecular weight excluding hydrogens is 350 g/mol. The van der Waals surface area contributed by atoms with Gasteiger partial charge >= 0.3 is 6.09 Å². The predicted octanol–water partition coefficient (Wildman–Crippen LogP) is 3.14. The molecule has 2 N–H and O–H groups in total. The van der Waals surface area contributed by atoms with Gasteiger partial charge in [-0.15, -0.1) is 0 Å². The Morgan fingerprint density at radius 3 is 2.55 bits per heavy atom. The van der Waals surface area contributed by atoms with E-state index in [4.69, 9.17) is 10.5 Å². The number of amides is 2. The average Bonchev–Trinajstić information content (AvgIpc) is 2.38. The highest BCUT2D eigenvalue weighted by Gasteiger charge is 2.35. The van der Waals surface area contributed by atoms with Gasteiger partial charge in [0.2, 0.25) is 5.91 Å². The molecule has 7 heteroatoms. The molecule has 0 unspecified atom stereocenters. The van der Waals surface area contributed by atoms with Crippen molar-refractivity contribution in [3.63, 3.8) is 0 Å². The number of anilines is 3. The molecule has 2 amide bonds. The molecule has 0 spiro atoms. The molecule has 1 aliphatic heterocycles. The molecule has 0 aromatic heterocycles. The summed E-state index contributed by atoms with van der Waals surface area (Å²) in [7, 11) is 0. The van der Waals surface area contributed by atoms with Crippen LogP contribution >= 0.6 is 15.9 Å². The van der Waals surface area contributed by atoms with Crippen LogP contribution in [0.5, 0.6) is 0 Å². The highest BCUT2D eigenvalue weighted by atomic mass is 79.9. The first-order chi connectivity index (χ1) is 10.2. The van der Waals surface area contributed by atoms with Gasteiger partial charge in [-0.2, -0.15) is 0 Å². The number of benzene rings is 1. The lowest BCUT2D eigenvalue weighted by atomic mass is 10.1. The van der Waals surface area contributed by atoms with Gasteiger partial charge in [0.05, 0.1) is 23.5 Å². The van der Waals surface area contributed by atoms with E-state index >= 15 is 0 Å². The van der Waals surface area contributed by atoms with Crippen molar-refractivity contribution >= 4 is 45.0 Å². The average molecular weight is 370 g/mol. The first-order valence-corrected chi connectivity index (χ1v) is 7.88. The number of nitrogens with two attached hydrogens (primary N) is 1. The van der Waals surface area contributed by atoms with Crippen molar-refractivity contribution in [2.75, 3.05) is 22.1 Å². The zero-order valence-corrected chi connectivity index (χ0v) is 14.7. The maximum Gasteiger partial charge on any atom is 0.414 e. The second-order valence-corrected chi connectivity index (χ2v) is 6.50. The van der Waals surface area contributed by atoms with E-state index in [1.54, 1.807) is 35.8 Å². The minimum absolute atomic E-state index is 0.0904. The Hall–Kier alpha value is -1.76. The van der Waals surface area contributed by atoms with Gasteiger partial charge in [0.25, 0.3) is 0 Å². The number of carbonyl (C=O) groups is 2. The van der Waals surface area contributed by atoms with Gasteiger partial charge in [-0.3, -0.25) is 9.69 Å². The number of carbonyl (C=O) groups excluding carboxylic acids is 2. The number of rotatable bonds is 1. The summed E-state index contributed by atoms with van der Waals surface area (Å²) in [6, 6.07) is 3.28. The van der Waals surface area contributed by atoms with Gasteiger partial charge in [0, 0.05) is 23.6 Å². The van der Waals surface area contributed by atoms with Crippen LogP contribution in [0.2, 0.25) is 0 Å². The third-order valence-electron chi connectivity index (χ3n) is 3.43. The molecule has 0 aliphatic carbocycles. The highest BCUT2D eigenvalue weighted by molar-refractivity contribution is 9.10. The summed E-state index contributed by atoms with van der Waals surface area (Å²) in [6.07, 6.45) is -0.641. The molecule has 0 saturated heterocycles. The van der Waals surface area contributed by atoms with Crippen molar-refractivity contribution in [2.45, 2.75) is 39.8 Å². The first-order valence-electron chi connectivity index (χ1n) is 7.09. The third-order valence-corrected chi connectivity index (χ3v) is 4.11.